The highest BCUT2D eigenvalue weighted by Crippen LogP contribution is 2.64. The molecule has 0 aromatic rings. The molecule has 0 spiro atoms. The van der Waals surface area contributed by atoms with Crippen molar-refractivity contribution in [2.45, 2.75) is 57.9 Å². The third-order valence-corrected chi connectivity index (χ3v) is 7.24. The fourth-order valence-corrected chi connectivity index (χ4v) is 6.42. The molecule has 5 fully saturated rings. The molecule has 0 aromatic carbocycles. The minimum atomic E-state index is 0.422. The second kappa shape index (κ2) is 4.21. The van der Waals surface area contributed by atoms with Gasteiger partial charge < -0.3 is 5.32 Å². The van der Waals surface area contributed by atoms with Gasteiger partial charge in [-0.3, -0.25) is 4.90 Å². The number of piperazine rings is 1. The minimum Gasteiger partial charge on any atom is -0.314 e. The standard InChI is InChI=1S/C17H30N2/c1-16(2,19-5-3-18-4-6-19)17-10-13-7-14(11-17)9-15(8-13)12-17/h13-15,18H,3-12H2,1-2H3. The smallest absolute Gasteiger partial charge is 0.0210 e. The summed E-state index contributed by atoms with van der Waals surface area (Å²) >= 11 is 0. The van der Waals surface area contributed by atoms with Crippen LogP contribution in [0, 0.1) is 23.2 Å². The second-order valence-electron chi connectivity index (χ2n) is 8.49. The van der Waals surface area contributed by atoms with Crippen LogP contribution in [0.25, 0.3) is 0 Å². The van der Waals surface area contributed by atoms with E-state index < -0.39 is 0 Å². The Morgan fingerprint density at radius 3 is 1.84 bits per heavy atom. The lowest BCUT2D eigenvalue weighted by Crippen LogP contribution is -2.65. The van der Waals surface area contributed by atoms with E-state index in [0.717, 1.165) is 17.8 Å². The SMILES string of the molecule is CC(C)(N1CCNCC1)C12CC3CC(CC(C3)C1)C2. The Balaban J connectivity index is 1.62. The summed E-state index contributed by atoms with van der Waals surface area (Å²) < 4.78 is 0. The third-order valence-electron chi connectivity index (χ3n) is 7.24. The van der Waals surface area contributed by atoms with E-state index in [4.69, 9.17) is 0 Å². The Morgan fingerprint density at radius 1 is 0.895 bits per heavy atom. The van der Waals surface area contributed by atoms with Crippen LogP contribution in [-0.4, -0.2) is 36.6 Å². The molecular weight excluding hydrogens is 232 g/mol. The van der Waals surface area contributed by atoms with E-state index in [1.807, 2.05) is 0 Å². The van der Waals surface area contributed by atoms with E-state index in [9.17, 15) is 0 Å². The maximum atomic E-state index is 3.52. The first-order chi connectivity index (χ1) is 9.09. The summed E-state index contributed by atoms with van der Waals surface area (Å²) in [6, 6.07) is 0. The van der Waals surface area contributed by atoms with Gasteiger partial charge in [-0.15, -0.1) is 0 Å². The molecule has 1 heterocycles. The average molecular weight is 262 g/mol. The highest BCUT2D eigenvalue weighted by Gasteiger charge is 2.58. The monoisotopic (exact) mass is 262 g/mol. The molecule has 5 aliphatic rings. The van der Waals surface area contributed by atoms with Crippen LogP contribution in [-0.2, 0) is 0 Å². The maximum Gasteiger partial charge on any atom is 0.0210 e. The summed E-state index contributed by atoms with van der Waals surface area (Å²) in [6.07, 6.45) is 9.31. The van der Waals surface area contributed by atoms with Gasteiger partial charge in [-0.2, -0.15) is 0 Å². The normalized spacial score (nSPS) is 46.7. The van der Waals surface area contributed by atoms with Crippen molar-refractivity contribution in [3.63, 3.8) is 0 Å². The minimum absolute atomic E-state index is 0.422. The van der Waals surface area contributed by atoms with Crippen LogP contribution in [0.15, 0.2) is 0 Å². The molecule has 1 N–H and O–H groups in total. The van der Waals surface area contributed by atoms with Gasteiger partial charge in [0.25, 0.3) is 0 Å². The molecule has 1 aliphatic heterocycles. The second-order valence-corrected chi connectivity index (χ2v) is 8.49. The third kappa shape index (κ3) is 1.82. The molecule has 2 nitrogen and oxygen atoms in total. The van der Waals surface area contributed by atoms with Crippen LogP contribution >= 0.6 is 0 Å². The van der Waals surface area contributed by atoms with Gasteiger partial charge in [0, 0.05) is 31.7 Å². The summed E-state index contributed by atoms with van der Waals surface area (Å²) in [4.78, 5) is 2.82. The van der Waals surface area contributed by atoms with E-state index >= 15 is 0 Å². The Labute approximate surface area is 118 Å². The first-order valence-electron chi connectivity index (χ1n) is 8.55. The summed E-state index contributed by atoms with van der Waals surface area (Å²) in [5.41, 5.74) is 1.07. The van der Waals surface area contributed by atoms with Crippen LogP contribution in [0.4, 0.5) is 0 Å². The number of hydrogen-bond acceptors (Lipinski definition) is 2. The maximum absolute atomic E-state index is 3.52. The summed E-state index contributed by atoms with van der Waals surface area (Å²) in [6.45, 7) is 10.0. The van der Waals surface area contributed by atoms with Crippen LogP contribution in [0.5, 0.6) is 0 Å². The van der Waals surface area contributed by atoms with Gasteiger partial charge in [0.05, 0.1) is 0 Å². The summed E-state index contributed by atoms with van der Waals surface area (Å²) in [5.74, 6) is 3.23. The lowest BCUT2D eigenvalue weighted by Gasteiger charge is -2.65. The Morgan fingerprint density at radius 2 is 1.37 bits per heavy atom. The molecule has 4 bridgehead atoms. The number of nitrogens with zero attached hydrogens (tertiary/aromatic N) is 1. The van der Waals surface area contributed by atoms with Crippen LogP contribution in [0.1, 0.15) is 52.4 Å². The van der Waals surface area contributed by atoms with E-state index in [-0.39, 0.29) is 0 Å². The molecule has 0 radical (unpaired) electrons. The van der Waals surface area contributed by atoms with E-state index in [1.54, 1.807) is 19.3 Å². The topological polar surface area (TPSA) is 15.3 Å². The molecule has 19 heavy (non-hydrogen) atoms. The van der Waals surface area contributed by atoms with Gasteiger partial charge in [0.2, 0.25) is 0 Å². The molecule has 0 amide bonds. The van der Waals surface area contributed by atoms with E-state index in [2.05, 4.69) is 24.1 Å². The van der Waals surface area contributed by atoms with Crippen molar-refractivity contribution in [2.24, 2.45) is 23.2 Å². The van der Waals surface area contributed by atoms with Gasteiger partial charge in [-0.05, 0) is 75.5 Å². The van der Waals surface area contributed by atoms with Gasteiger partial charge in [-0.1, -0.05) is 0 Å². The molecular formula is C17H30N2. The van der Waals surface area contributed by atoms with Crippen molar-refractivity contribution >= 4 is 0 Å². The fourth-order valence-electron chi connectivity index (χ4n) is 6.42. The zero-order chi connectivity index (χ0) is 13.1. The van der Waals surface area contributed by atoms with Crippen LogP contribution in [0.3, 0.4) is 0 Å². The van der Waals surface area contributed by atoms with E-state index in [0.29, 0.717) is 11.0 Å². The van der Waals surface area contributed by atoms with Gasteiger partial charge >= 0.3 is 0 Å². The largest absolute Gasteiger partial charge is 0.314 e. The van der Waals surface area contributed by atoms with Gasteiger partial charge in [0.15, 0.2) is 0 Å². The zero-order valence-electron chi connectivity index (χ0n) is 12.8. The van der Waals surface area contributed by atoms with Crippen molar-refractivity contribution in [1.82, 2.24) is 10.2 Å². The quantitative estimate of drug-likeness (QED) is 0.823. The predicted molar refractivity (Wildman–Crippen MR) is 79.1 cm³/mol. The Kier molecular flexibility index (Phi) is 2.80. The Bertz CT molecular complexity index is 319. The highest BCUT2D eigenvalue weighted by atomic mass is 15.2. The molecule has 4 aliphatic carbocycles. The van der Waals surface area contributed by atoms with Gasteiger partial charge in [-0.25, -0.2) is 0 Å². The van der Waals surface area contributed by atoms with Crippen molar-refractivity contribution < 1.29 is 0 Å². The first kappa shape index (κ1) is 12.6. The molecule has 0 unspecified atom stereocenters. The molecule has 4 saturated carbocycles. The van der Waals surface area contributed by atoms with Crippen molar-refractivity contribution in [1.29, 1.82) is 0 Å². The van der Waals surface area contributed by atoms with Crippen LogP contribution < -0.4 is 5.32 Å². The van der Waals surface area contributed by atoms with Crippen molar-refractivity contribution in [3.8, 4) is 0 Å². The zero-order valence-corrected chi connectivity index (χ0v) is 12.8. The highest BCUT2D eigenvalue weighted by molar-refractivity contribution is 5.11. The van der Waals surface area contributed by atoms with Crippen LogP contribution in [0.2, 0.25) is 0 Å². The lowest BCUT2D eigenvalue weighted by atomic mass is 9.45. The van der Waals surface area contributed by atoms with Crippen molar-refractivity contribution in [2.75, 3.05) is 26.2 Å². The van der Waals surface area contributed by atoms with Crippen molar-refractivity contribution in [3.05, 3.63) is 0 Å². The Hall–Kier alpha value is -0.0800. The predicted octanol–water partition coefficient (Wildman–Crippen LogP) is 2.89. The number of nitrogens with one attached hydrogen (secondary N) is 1. The number of hydrogen-bond donors (Lipinski definition) is 1. The summed E-state index contributed by atoms with van der Waals surface area (Å²) in [5, 5.41) is 3.52. The molecule has 2 heteroatoms. The molecule has 0 aromatic heterocycles. The fraction of sp³-hybridized carbons (Fsp3) is 1.00. The summed E-state index contributed by atoms with van der Waals surface area (Å²) in [7, 11) is 0. The molecule has 0 atom stereocenters. The first-order valence-corrected chi connectivity index (χ1v) is 8.55. The lowest BCUT2D eigenvalue weighted by molar-refractivity contribution is -0.138. The molecule has 5 rings (SSSR count). The van der Waals surface area contributed by atoms with E-state index in [1.165, 1.54) is 45.4 Å². The number of rotatable bonds is 2. The molecule has 108 valence electrons. The molecule has 1 saturated heterocycles. The van der Waals surface area contributed by atoms with Gasteiger partial charge in [0.1, 0.15) is 0 Å². The average Bonchev–Trinajstić information content (AvgIpc) is 2.38.